The molecule has 0 aliphatic carbocycles. The standard InChI is InChI=1S/C23H25F3N4O/c1-15(16-4-3-5-18(12-16)23(24,25)26)28-21-14-27-29-20-7-6-17(13-19(20)21)22(31)8-10-30(2)11-9-22/h3-7,12-15,31H,8-11H2,1-2H3,(H,28,29)/t15-/m1/s1. The highest BCUT2D eigenvalue weighted by atomic mass is 19.4. The normalized spacial score (nSPS) is 18.1. The van der Waals surface area contributed by atoms with Crippen molar-refractivity contribution in [2.75, 3.05) is 25.5 Å². The summed E-state index contributed by atoms with van der Waals surface area (Å²) in [5, 5.41) is 23.4. The van der Waals surface area contributed by atoms with Gasteiger partial charge in [0.25, 0.3) is 0 Å². The number of aliphatic hydroxyl groups is 1. The van der Waals surface area contributed by atoms with Crippen LogP contribution in [-0.4, -0.2) is 40.3 Å². The Morgan fingerprint density at radius 1 is 1.13 bits per heavy atom. The number of rotatable bonds is 4. The fourth-order valence-corrected chi connectivity index (χ4v) is 4.04. The maximum atomic E-state index is 13.1. The molecule has 5 nitrogen and oxygen atoms in total. The first-order chi connectivity index (χ1) is 14.7. The molecule has 8 heteroatoms. The number of anilines is 1. The molecule has 164 valence electrons. The molecule has 1 fully saturated rings. The zero-order valence-corrected chi connectivity index (χ0v) is 17.4. The Morgan fingerprint density at radius 3 is 2.58 bits per heavy atom. The Morgan fingerprint density at radius 2 is 1.87 bits per heavy atom. The van der Waals surface area contributed by atoms with Crippen molar-refractivity contribution in [3.63, 3.8) is 0 Å². The number of nitrogens with zero attached hydrogens (tertiary/aromatic N) is 3. The number of alkyl halides is 3. The second-order valence-electron chi connectivity index (χ2n) is 8.31. The second-order valence-corrected chi connectivity index (χ2v) is 8.31. The van der Waals surface area contributed by atoms with Crippen LogP contribution in [0, 0.1) is 0 Å². The fraction of sp³-hybridized carbons (Fsp3) is 0.391. The first-order valence-corrected chi connectivity index (χ1v) is 10.3. The lowest BCUT2D eigenvalue weighted by atomic mass is 9.84. The molecule has 0 spiro atoms. The summed E-state index contributed by atoms with van der Waals surface area (Å²) in [5.74, 6) is 0. The third kappa shape index (κ3) is 4.50. The molecule has 0 radical (unpaired) electrons. The lowest BCUT2D eigenvalue weighted by Crippen LogP contribution is -2.40. The van der Waals surface area contributed by atoms with Crippen LogP contribution in [0.25, 0.3) is 10.9 Å². The molecule has 0 bridgehead atoms. The molecule has 31 heavy (non-hydrogen) atoms. The van der Waals surface area contributed by atoms with Gasteiger partial charge in [-0.3, -0.25) is 0 Å². The minimum atomic E-state index is -4.39. The van der Waals surface area contributed by atoms with Crippen LogP contribution >= 0.6 is 0 Å². The smallest absolute Gasteiger partial charge is 0.385 e. The highest BCUT2D eigenvalue weighted by molar-refractivity contribution is 5.91. The zero-order valence-electron chi connectivity index (χ0n) is 17.4. The first kappa shape index (κ1) is 21.5. The van der Waals surface area contributed by atoms with E-state index in [2.05, 4.69) is 20.4 Å². The van der Waals surface area contributed by atoms with Crippen LogP contribution < -0.4 is 5.32 Å². The van der Waals surface area contributed by atoms with Gasteiger partial charge in [-0.25, -0.2) is 0 Å². The summed E-state index contributed by atoms with van der Waals surface area (Å²) in [4.78, 5) is 2.19. The highest BCUT2D eigenvalue weighted by Gasteiger charge is 2.33. The molecule has 1 aliphatic heterocycles. The maximum absolute atomic E-state index is 13.1. The monoisotopic (exact) mass is 430 g/mol. The third-order valence-electron chi connectivity index (χ3n) is 6.08. The van der Waals surface area contributed by atoms with E-state index < -0.39 is 17.3 Å². The van der Waals surface area contributed by atoms with Gasteiger partial charge in [0.2, 0.25) is 0 Å². The van der Waals surface area contributed by atoms with Crippen LogP contribution in [0.3, 0.4) is 0 Å². The van der Waals surface area contributed by atoms with Crippen LogP contribution in [-0.2, 0) is 11.8 Å². The summed E-state index contributed by atoms with van der Waals surface area (Å²) >= 11 is 0. The summed E-state index contributed by atoms with van der Waals surface area (Å²) in [6.45, 7) is 3.41. The van der Waals surface area contributed by atoms with Crippen LogP contribution in [0.2, 0.25) is 0 Å². The van der Waals surface area contributed by atoms with Gasteiger partial charge in [0.05, 0.1) is 28.6 Å². The van der Waals surface area contributed by atoms with Crippen molar-refractivity contribution in [2.45, 2.75) is 37.6 Å². The average molecular weight is 430 g/mol. The number of fused-ring (bicyclic) bond motifs is 1. The van der Waals surface area contributed by atoms with Crippen molar-refractivity contribution in [1.82, 2.24) is 15.1 Å². The van der Waals surface area contributed by atoms with E-state index in [0.29, 0.717) is 29.6 Å². The Labute approximate surface area is 178 Å². The van der Waals surface area contributed by atoms with Gasteiger partial charge in [-0.2, -0.15) is 23.4 Å². The van der Waals surface area contributed by atoms with Crippen LogP contribution in [0.5, 0.6) is 0 Å². The van der Waals surface area contributed by atoms with Gasteiger partial charge >= 0.3 is 6.18 Å². The van der Waals surface area contributed by atoms with Gasteiger partial charge in [0.15, 0.2) is 0 Å². The minimum Gasteiger partial charge on any atom is -0.385 e. The molecule has 0 unspecified atom stereocenters. The molecule has 2 aromatic carbocycles. The third-order valence-corrected chi connectivity index (χ3v) is 6.08. The van der Waals surface area contributed by atoms with E-state index >= 15 is 0 Å². The van der Waals surface area contributed by atoms with Crippen molar-refractivity contribution >= 4 is 16.6 Å². The summed E-state index contributed by atoms with van der Waals surface area (Å²) in [7, 11) is 2.03. The molecule has 1 atom stereocenters. The molecule has 1 aromatic heterocycles. The second kappa shape index (κ2) is 8.09. The minimum absolute atomic E-state index is 0.384. The molecular weight excluding hydrogens is 405 g/mol. The van der Waals surface area contributed by atoms with E-state index in [0.717, 1.165) is 36.2 Å². The molecule has 3 aromatic rings. The van der Waals surface area contributed by atoms with Gasteiger partial charge in [-0.1, -0.05) is 18.2 Å². The number of halogens is 3. The molecule has 0 saturated carbocycles. The number of likely N-dealkylation sites (tertiary alicyclic amines) is 1. The lowest BCUT2D eigenvalue weighted by Gasteiger charge is -2.37. The SMILES string of the molecule is C[C@@H](Nc1cnnc2ccc(C3(O)CCN(C)CC3)cc12)c1cccc(C(F)(F)F)c1. The number of hydrogen-bond donors (Lipinski definition) is 2. The predicted octanol–water partition coefficient (Wildman–Crippen LogP) is 4.73. The van der Waals surface area contributed by atoms with Crippen molar-refractivity contribution in [3.05, 3.63) is 65.4 Å². The van der Waals surface area contributed by atoms with E-state index in [1.165, 1.54) is 6.07 Å². The molecule has 1 saturated heterocycles. The Hall–Kier alpha value is -2.71. The van der Waals surface area contributed by atoms with E-state index in [1.54, 1.807) is 19.2 Å². The van der Waals surface area contributed by atoms with Gasteiger partial charge in [-0.05, 0) is 62.2 Å². The van der Waals surface area contributed by atoms with Crippen LogP contribution in [0.4, 0.5) is 18.9 Å². The summed E-state index contributed by atoms with van der Waals surface area (Å²) < 4.78 is 39.2. The molecule has 2 N–H and O–H groups in total. The van der Waals surface area contributed by atoms with E-state index in [4.69, 9.17) is 0 Å². The largest absolute Gasteiger partial charge is 0.416 e. The van der Waals surface area contributed by atoms with Gasteiger partial charge in [-0.15, -0.1) is 0 Å². The van der Waals surface area contributed by atoms with Gasteiger partial charge < -0.3 is 15.3 Å². The average Bonchev–Trinajstić information content (AvgIpc) is 2.75. The maximum Gasteiger partial charge on any atom is 0.416 e. The van der Waals surface area contributed by atoms with Crippen LogP contribution in [0.15, 0.2) is 48.7 Å². The lowest BCUT2D eigenvalue weighted by molar-refractivity contribution is -0.137. The van der Waals surface area contributed by atoms with Crippen LogP contribution in [0.1, 0.15) is 42.5 Å². The Bertz CT molecular complexity index is 1080. The highest BCUT2D eigenvalue weighted by Crippen LogP contribution is 2.36. The fourth-order valence-electron chi connectivity index (χ4n) is 4.04. The zero-order chi connectivity index (χ0) is 22.2. The quantitative estimate of drug-likeness (QED) is 0.626. The number of piperidine rings is 1. The van der Waals surface area contributed by atoms with E-state index in [1.807, 2.05) is 25.2 Å². The molecule has 0 amide bonds. The molecule has 2 heterocycles. The molecular formula is C23H25F3N4O. The van der Waals surface area contributed by atoms with Crippen molar-refractivity contribution < 1.29 is 18.3 Å². The summed E-state index contributed by atoms with van der Waals surface area (Å²) in [5.41, 5.74) is 1.06. The van der Waals surface area contributed by atoms with E-state index in [-0.39, 0.29) is 6.04 Å². The van der Waals surface area contributed by atoms with Gasteiger partial charge in [0.1, 0.15) is 0 Å². The number of aromatic nitrogens is 2. The number of hydrogen-bond acceptors (Lipinski definition) is 5. The molecule has 4 rings (SSSR count). The van der Waals surface area contributed by atoms with Crippen molar-refractivity contribution in [2.24, 2.45) is 0 Å². The predicted molar refractivity (Wildman–Crippen MR) is 114 cm³/mol. The Kier molecular flexibility index (Phi) is 5.61. The topological polar surface area (TPSA) is 61.3 Å². The van der Waals surface area contributed by atoms with Gasteiger partial charge in [0, 0.05) is 24.5 Å². The number of nitrogens with one attached hydrogen (secondary N) is 1. The van der Waals surface area contributed by atoms with E-state index in [9.17, 15) is 18.3 Å². The number of benzene rings is 2. The Balaban J connectivity index is 1.65. The summed E-state index contributed by atoms with van der Waals surface area (Å²) in [6.07, 6.45) is -1.55. The van der Waals surface area contributed by atoms with Crippen molar-refractivity contribution in [1.29, 1.82) is 0 Å². The molecule has 1 aliphatic rings. The first-order valence-electron chi connectivity index (χ1n) is 10.3. The van der Waals surface area contributed by atoms with Crippen molar-refractivity contribution in [3.8, 4) is 0 Å². The summed E-state index contributed by atoms with van der Waals surface area (Å²) in [6, 6.07) is 10.5.